The van der Waals surface area contributed by atoms with Gasteiger partial charge in [0.05, 0.1) is 0 Å². The predicted molar refractivity (Wildman–Crippen MR) is 55.5 cm³/mol. The third-order valence-electron chi connectivity index (χ3n) is 3.24. The molecule has 0 aromatic carbocycles. The fourth-order valence-electron chi connectivity index (χ4n) is 2.45. The van der Waals surface area contributed by atoms with Gasteiger partial charge in [-0.1, -0.05) is 6.42 Å². The molecule has 0 aromatic rings. The van der Waals surface area contributed by atoms with Crippen molar-refractivity contribution in [3.05, 3.63) is 0 Å². The molecule has 1 aliphatic carbocycles. The molecule has 1 heterocycles. The van der Waals surface area contributed by atoms with Gasteiger partial charge in [-0.2, -0.15) is 0 Å². The van der Waals surface area contributed by atoms with Crippen LogP contribution in [0.15, 0.2) is 0 Å². The van der Waals surface area contributed by atoms with E-state index in [4.69, 9.17) is 0 Å². The monoisotopic (exact) mass is 177 g/mol. The second-order valence-electron chi connectivity index (χ2n) is 4.18. The lowest BCUT2D eigenvalue weighted by molar-refractivity contribution is 0.150. The Balaban J connectivity index is 1.84. The van der Waals surface area contributed by atoms with Gasteiger partial charge in [-0.3, -0.25) is 0 Å². The molecule has 0 amide bonds. The van der Waals surface area contributed by atoms with Crippen molar-refractivity contribution >= 4 is 0 Å². The van der Waals surface area contributed by atoms with Gasteiger partial charge in [0.15, 0.2) is 0 Å². The van der Waals surface area contributed by atoms with E-state index in [9.17, 15) is 0 Å². The summed E-state index contributed by atoms with van der Waals surface area (Å²) in [5.41, 5.74) is 0. The van der Waals surface area contributed by atoms with Gasteiger partial charge >= 0.3 is 0 Å². The molecule has 1 nitrogen and oxygen atoms in total. The highest BCUT2D eigenvalue weighted by Gasteiger charge is 2.19. The van der Waals surface area contributed by atoms with Crippen LogP contribution < -0.4 is 0 Å². The molecular weight excluding hydrogens is 158 g/mol. The Labute approximate surface area is 81.5 Å². The zero-order valence-corrected chi connectivity index (χ0v) is 8.39. The van der Waals surface area contributed by atoms with Crippen LogP contribution in [-0.2, 0) is 0 Å². The van der Waals surface area contributed by atoms with E-state index in [0.717, 1.165) is 18.9 Å². The topological polar surface area (TPSA) is 3.24 Å². The molecule has 0 atom stereocenters. The van der Waals surface area contributed by atoms with Gasteiger partial charge in [0, 0.05) is 18.9 Å². The summed E-state index contributed by atoms with van der Waals surface area (Å²) in [6.07, 6.45) is 9.15. The molecule has 0 radical (unpaired) electrons. The van der Waals surface area contributed by atoms with Gasteiger partial charge in [0.2, 0.25) is 0 Å². The quantitative estimate of drug-likeness (QED) is 0.556. The van der Waals surface area contributed by atoms with Gasteiger partial charge < -0.3 is 4.90 Å². The molecule has 0 spiro atoms. The maximum absolute atomic E-state index is 3.24. The van der Waals surface area contributed by atoms with E-state index < -0.39 is 0 Å². The van der Waals surface area contributed by atoms with Crippen LogP contribution in [0.1, 0.15) is 44.9 Å². The van der Waals surface area contributed by atoms with Crippen molar-refractivity contribution in [2.75, 3.05) is 13.1 Å². The second kappa shape index (κ2) is 4.67. The molecule has 0 bridgehead atoms. The number of hydrogen-bond donors (Lipinski definition) is 0. The lowest BCUT2D eigenvalue weighted by Crippen LogP contribution is -2.38. The maximum Gasteiger partial charge on any atom is 0.0113 e. The van der Waals surface area contributed by atoms with Crippen LogP contribution in [0, 0.1) is 11.8 Å². The van der Waals surface area contributed by atoms with E-state index in [0.29, 0.717) is 0 Å². The lowest BCUT2D eigenvalue weighted by atomic mass is 10.0. The molecule has 0 unspecified atom stereocenters. The van der Waals surface area contributed by atoms with Gasteiger partial charge in [-0.25, -0.2) is 0 Å². The highest BCUT2D eigenvalue weighted by Crippen LogP contribution is 2.19. The number of likely N-dealkylation sites (tertiary alicyclic amines) is 1. The Morgan fingerprint density at radius 3 is 2.08 bits per heavy atom. The minimum absolute atomic E-state index is 0.836. The zero-order chi connectivity index (χ0) is 8.93. The predicted octanol–water partition coefficient (Wildman–Crippen LogP) is 2.42. The van der Waals surface area contributed by atoms with Crippen LogP contribution in [0.2, 0.25) is 0 Å². The summed E-state index contributed by atoms with van der Waals surface area (Å²) in [5.74, 6) is 6.48. The third kappa shape index (κ3) is 2.48. The summed E-state index contributed by atoms with van der Waals surface area (Å²) in [6, 6.07) is 0.836. The summed E-state index contributed by atoms with van der Waals surface area (Å²) in [5, 5.41) is 0. The first-order valence-electron chi connectivity index (χ1n) is 5.66. The van der Waals surface area contributed by atoms with Crippen molar-refractivity contribution in [2.24, 2.45) is 0 Å². The van der Waals surface area contributed by atoms with E-state index in [1.807, 2.05) is 0 Å². The fraction of sp³-hybridized carbons (Fsp3) is 0.833. The van der Waals surface area contributed by atoms with Gasteiger partial charge in [0.1, 0.15) is 0 Å². The summed E-state index contributed by atoms with van der Waals surface area (Å²) < 4.78 is 0. The van der Waals surface area contributed by atoms with Gasteiger partial charge in [0.25, 0.3) is 0 Å². The van der Waals surface area contributed by atoms with E-state index >= 15 is 0 Å². The first-order valence-corrected chi connectivity index (χ1v) is 5.66. The average Bonchev–Trinajstić information content (AvgIpc) is 2.47. The van der Waals surface area contributed by atoms with Crippen molar-refractivity contribution in [1.29, 1.82) is 0 Å². The number of nitrogens with zero attached hydrogens (tertiary/aromatic N) is 1. The largest absolute Gasteiger partial charge is 0.300 e. The van der Waals surface area contributed by atoms with Crippen LogP contribution in [0.5, 0.6) is 0 Å². The fourth-order valence-corrected chi connectivity index (χ4v) is 2.45. The first-order chi connectivity index (χ1) is 6.47. The van der Waals surface area contributed by atoms with E-state index in [-0.39, 0.29) is 0 Å². The highest BCUT2D eigenvalue weighted by atomic mass is 15.2. The molecule has 1 aliphatic heterocycles. The molecule has 1 heteroatoms. The minimum atomic E-state index is 0.836. The summed E-state index contributed by atoms with van der Waals surface area (Å²) in [6.45, 7) is 2.68. The van der Waals surface area contributed by atoms with E-state index in [2.05, 4.69) is 16.7 Å². The van der Waals surface area contributed by atoms with Crippen LogP contribution in [0.25, 0.3) is 0 Å². The number of piperidine rings is 1. The van der Waals surface area contributed by atoms with Crippen LogP contribution in [-0.4, -0.2) is 24.0 Å². The van der Waals surface area contributed by atoms with Crippen LogP contribution >= 0.6 is 0 Å². The van der Waals surface area contributed by atoms with Crippen LogP contribution in [0.3, 0.4) is 0 Å². The molecule has 0 N–H and O–H groups in total. The maximum atomic E-state index is 3.24. The van der Waals surface area contributed by atoms with Gasteiger partial charge in [-0.05, 0) is 38.8 Å². The Kier molecular flexibility index (Phi) is 3.27. The Morgan fingerprint density at radius 2 is 1.46 bits per heavy atom. The molecule has 13 heavy (non-hydrogen) atoms. The van der Waals surface area contributed by atoms with Crippen LogP contribution in [0.4, 0.5) is 0 Å². The molecule has 1 saturated heterocycles. The normalized spacial score (nSPS) is 26.2. The summed E-state index contributed by atoms with van der Waals surface area (Å²) in [7, 11) is 0. The Bertz CT molecular complexity index is 193. The highest BCUT2D eigenvalue weighted by molar-refractivity contribution is 5.03. The van der Waals surface area contributed by atoms with Crippen molar-refractivity contribution in [3.8, 4) is 11.8 Å². The van der Waals surface area contributed by atoms with Crippen molar-refractivity contribution in [2.45, 2.75) is 51.0 Å². The molecular formula is C12H19N. The average molecular weight is 177 g/mol. The first kappa shape index (κ1) is 9.09. The molecule has 1 fully saturated rings. The van der Waals surface area contributed by atoms with Crippen molar-refractivity contribution in [1.82, 2.24) is 4.90 Å². The van der Waals surface area contributed by atoms with Crippen molar-refractivity contribution < 1.29 is 0 Å². The third-order valence-corrected chi connectivity index (χ3v) is 3.24. The Hall–Kier alpha value is -0.480. The van der Waals surface area contributed by atoms with E-state index in [1.54, 1.807) is 0 Å². The zero-order valence-electron chi connectivity index (χ0n) is 8.39. The van der Waals surface area contributed by atoms with Crippen molar-refractivity contribution in [3.63, 3.8) is 0 Å². The molecule has 72 valence electrons. The SMILES string of the molecule is C1#CCCC(N2CCCCC2)CC1. The summed E-state index contributed by atoms with van der Waals surface area (Å²) >= 11 is 0. The smallest absolute Gasteiger partial charge is 0.0113 e. The van der Waals surface area contributed by atoms with Gasteiger partial charge in [-0.15, -0.1) is 11.8 Å². The molecule has 2 rings (SSSR count). The molecule has 0 saturated carbocycles. The standard InChI is InChI=1S/C12H19N/c1-2-5-9-12(8-4-1)13-10-6-3-7-11-13/h12H,3-11H2. The lowest BCUT2D eigenvalue weighted by Gasteiger charge is -2.33. The number of hydrogen-bond acceptors (Lipinski definition) is 1. The van der Waals surface area contributed by atoms with E-state index in [1.165, 1.54) is 45.2 Å². The summed E-state index contributed by atoms with van der Waals surface area (Å²) in [4.78, 5) is 2.69. The Morgan fingerprint density at radius 1 is 0.846 bits per heavy atom. The second-order valence-corrected chi connectivity index (χ2v) is 4.18. The number of rotatable bonds is 1. The molecule has 0 aromatic heterocycles. The molecule has 2 aliphatic rings. The minimum Gasteiger partial charge on any atom is -0.300 e.